The molecule has 0 spiro atoms. The summed E-state index contributed by atoms with van der Waals surface area (Å²) in [5, 5.41) is 4.39. The van der Waals surface area contributed by atoms with Crippen molar-refractivity contribution in [2.75, 3.05) is 19.6 Å². The Balaban J connectivity index is 1.51. The van der Waals surface area contributed by atoms with Crippen LogP contribution >= 0.6 is 11.3 Å². The lowest BCUT2D eigenvalue weighted by atomic mass is 10.0. The van der Waals surface area contributed by atoms with Crippen molar-refractivity contribution < 1.29 is 4.79 Å². The molecule has 0 atom stereocenters. The van der Waals surface area contributed by atoms with Gasteiger partial charge in [-0.1, -0.05) is 6.42 Å². The van der Waals surface area contributed by atoms with Crippen molar-refractivity contribution in [3.8, 4) is 0 Å². The van der Waals surface area contributed by atoms with Crippen molar-refractivity contribution in [2.45, 2.75) is 51.1 Å². The van der Waals surface area contributed by atoms with Gasteiger partial charge in [0.2, 0.25) is 5.91 Å². The number of carbonyl (C=O) groups excluding carboxylic acids is 1. The van der Waals surface area contributed by atoms with Gasteiger partial charge in [-0.25, -0.2) is 0 Å². The van der Waals surface area contributed by atoms with Gasteiger partial charge in [0.05, 0.1) is 0 Å². The third kappa shape index (κ3) is 3.41. The van der Waals surface area contributed by atoms with E-state index in [-0.39, 0.29) is 0 Å². The molecular weight excluding hydrogens is 268 g/mol. The van der Waals surface area contributed by atoms with E-state index >= 15 is 0 Å². The molecule has 0 N–H and O–H groups in total. The molecule has 2 aliphatic rings. The molecule has 1 aromatic heterocycles. The summed E-state index contributed by atoms with van der Waals surface area (Å²) in [6.07, 6.45) is 6.58. The van der Waals surface area contributed by atoms with E-state index in [0.29, 0.717) is 11.9 Å². The Labute approximate surface area is 125 Å². The first-order valence-electron chi connectivity index (χ1n) is 7.86. The summed E-state index contributed by atoms with van der Waals surface area (Å²) >= 11 is 1.77. The van der Waals surface area contributed by atoms with Crippen molar-refractivity contribution in [3.63, 3.8) is 0 Å². The monoisotopic (exact) mass is 292 g/mol. The molecule has 2 saturated heterocycles. The van der Waals surface area contributed by atoms with Crippen molar-refractivity contribution in [2.24, 2.45) is 0 Å². The molecule has 3 rings (SSSR count). The Kier molecular flexibility index (Phi) is 4.73. The fourth-order valence-electron chi connectivity index (χ4n) is 3.42. The van der Waals surface area contributed by atoms with Crippen molar-refractivity contribution in [1.82, 2.24) is 9.80 Å². The van der Waals surface area contributed by atoms with Gasteiger partial charge in [0.25, 0.3) is 0 Å². The van der Waals surface area contributed by atoms with Crippen molar-refractivity contribution in [1.29, 1.82) is 0 Å². The molecule has 4 heteroatoms. The number of nitrogens with zero attached hydrogens (tertiary/aromatic N) is 2. The normalized spacial score (nSPS) is 23.0. The first-order chi connectivity index (χ1) is 9.83. The summed E-state index contributed by atoms with van der Waals surface area (Å²) in [4.78, 5) is 16.9. The van der Waals surface area contributed by atoms with E-state index in [4.69, 9.17) is 0 Å². The van der Waals surface area contributed by atoms with Crippen LogP contribution in [0.3, 0.4) is 0 Å². The standard InChI is InChI=1S/C16H24N2OS/c19-16-4-2-1-3-8-18(16)15-5-9-17(10-6-15)12-14-7-11-20-13-14/h7,11,13,15H,1-6,8-10,12H2. The highest BCUT2D eigenvalue weighted by Crippen LogP contribution is 2.22. The molecule has 1 aromatic rings. The van der Waals surface area contributed by atoms with Crippen LogP contribution in [0.4, 0.5) is 0 Å². The Morgan fingerprint density at radius 1 is 1.15 bits per heavy atom. The van der Waals surface area contributed by atoms with Gasteiger partial charge >= 0.3 is 0 Å². The zero-order chi connectivity index (χ0) is 13.8. The highest BCUT2D eigenvalue weighted by molar-refractivity contribution is 7.07. The molecule has 20 heavy (non-hydrogen) atoms. The average Bonchev–Trinajstić information content (AvgIpc) is 2.87. The van der Waals surface area contributed by atoms with Gasteiger partial charge in [0.1, 0.15) is 0 Å². The topological polar surface area (TPSA) is 23.6 Å². The second-order valence-electron chi connectivity index (χ2n) is 6.04. The number of likely N-dealkylation sites (tertiary alicyclic amines) is 2. The largest absolute Gasteiger partial charge is 0.340 e. The van der Waals surface area contributed by atoms with Gasteiger partial charge in [0, 0.05) is 38.6 Å². The summed E-state index contributed by atoms with van der Waals surface area (Å²) in [6, 6.07) is 2.72. The smallest absolute Gasteiger partial charge is 0.222 e. The first-order valence-corrected chi connectivity index (χ1v) is 8.80. The molecule has 0 radical (unpaired) electrons. The fraction of sp³-hybridized carbons (Fsp3) is 0.688. The second kappa shape index (κ2) is 6.72. The van der Waals surface area contributed by atoms with E-state index in [0.717, 1.165) is 51.9 Å². The third-order valence-corrected chi connectivity index (χ3v) is 5.33. The van der Waals surface area contributed by atoms with Crippen molar-refractivity contribution >= 4 is 17.2 Å². The molecule has 2 aliphatic heterocycles. The maximum atomic E-state index is 12.2. The lowest BCUT2D eigenvalue weighted by Gasteiger charge is -2.38. The van der Waals surface area contributed by atoms with E-state index < -0.39 is 0 Å². The zero-order valence-corrected chi connectivity index (χ0v) is 12.9. The molecule has 0 aliphatic carbocycles. The predicted octanol–water partition coefficient (Wildman–Crippen LogP) is 3.12. The lowest BCUT2D eigenvalue weighted by Crippen LogP contribution is -2.47. The van der Waals surface area contributed by atoms with E-state index in [9.17, 15) is 4.79 Å². The van der Waals surface area contributed by atoms with Crippen LogP contribution in [0.5, 0.6) is 0 Å². The van der Waals surface area contributed by atoms with E-state index in [1.807, 2.05) is 0 Å². The summed E-state index contributed by atoms with van der Waals surface area (Å²) in [5.74, 6) is 0.402. The first kappa shape index (κ1) is 14.1. The number of amides is 1. The Morgan fingerprint density at radius 2 is 2.00 bits per heavy atom. The maximum absolute atomic E-state index is 12.2. The highest BCUT2D eigenvalue weighted by atomic mass is 32.1. The van der Waals surface area contributed by atoms with Gasteiger partial charge < -0.3 is 4.90 Å². The van der Waals surface area contributed by atoms with Crippen LogP contribution < -0.4 is 0 Å². The quantitative estimate of drug-likeness (QED) is 0.854. The minimum absolute atomic E-state index is 0.402. The summed E-state index contributed by atoms with van der Waals surface area (Å²) in [6.45, 7) is 4.33. The number of hydrogen-bond donors (Lipinski definition) is 0. The Hall–Kier alpha value is -0.870. The minimum atomic E-state index is 0.402. The molecule has 3 heterocycles. The SMILES string of the molecule is O=C1CCCCCN1C1CCN(Cc2ccsc2)CC1. The van der Waals surface area contributed by atoms with Gasteiger partial charge in [-0.3, -0.25) is 9.69 Å². The van der Waals surface area contributed by atoms with Gasteiger partial charge in [0.15, 0.2) is 0 Å². The second-order valence-corrected chi connectivity index (χ2v) is 6.82. The Bertz CT molecular complexity index is 424. The number of piperidine rings is 1. The van der Waals surface area contributed by atoms with Gasteiger partial charge in [-0.15, -0.1) is 0 Å². The summed E-state index contributed by atoms with van der Waals surface area (Å²) in [5.41, 5.74) is 1.43. The van der Waals surface area contributed by atoms with E-state index in [2.05, 4.69) is 26.6 Å². The van der Waals surface area contributed by atoms with Crippen LogP contribution in [0, 0.1) is 0 Å². The molecule has 2 fully saturated rings. The Morgan fingerprint density at radius 3 is 2.75 bits per heavy atom. The van der Waals surface area contributed by atoms with Crippen LogP contribution in [0.15, 0.2) is 16.8 Å². The molecule has 0 saturated carbocycles. The highest BCUT2D eigenvalue weighted by Gasteiger charge is 2.28. The fourth-order valence-corrected chi connectivity index (χ4v) is 4.08. The predicted molar refractivity (Wildman–Crippen MR) is 82.8 cm³/mol. The third-order valence-electron chi connectivity index (χ3n) is 4.59. The molecule has 1 amide bonds. The molecule has 3 nitrogen and oxygen atoms in total. The van der Waals surface area contributed by atoms with Crippen LogP contribution in [-0.4, -0.2) is 41.4 Å². The minimum Gasteiger partial charge on any atom is -0.340 e. The molecular formula is C16H24N2OS. The molecule has 110 valence electrons. The van der Waals surface area contributed by atoms with Crippen LogP contribution in [-0.2, 0) is 11.3 Å². The van der Waals surface area contributed by atoms with Crippen molar-refractivity contribution in [3.05, 3.63) is 22.4 Å². The molecule has 0 bridgehead atoms. The number of rotatable bonds is 3. The molecule has 0 unspecified atom stereocenters. The van der Waals surface area contributed by atoms with Crippen LogP contribution in [0.25, 0.3) is 0 Å². The lowest BCUT2D eigenvalue weighted by molar-refractivity contribution is -0.133. The van der Waals surface area contributed by atoms with Crippen LogP contribution in [0.1, 0.15) is 44.1 Å². The molecule has 0 aromatic carbocycles. The number of carbonyl (C=O) groups is 1. The van der Waals surface area contributed by atoms with Crippen LogP contribution in [0.2, 0.25) is 0 Å². The zero-order valence-electron chi connectivity index (χ0n) is 12.1. The van der Waals surface area contributed by atoms with E-state index in [1.165, 1.54) is 18.4 Å². The van der Waals surface area contributed by atoms with Gasteiger partial charge in [-0.05, 0) is 48.1 Å². The maximum Gasteiger partial charge on any atom is 0.222 e. The number of hydrogen-bond acceptors (Lipinski definition) is 3. The average molecular weight is 292 g/mol. The van der Waals surface area contributed by atoms with Gasteiger partial charge in [-0.2, -0.15) is 11.3 Å². The van der Waals surface area contributed by atoms with E-state index in [1.54, 1.807) is 11.3 Å². The number of thiophene rings is 1. The summed E-state index contributed by atoms with van der Waals surface area (Å²) in [7, 11) is 0. The summed E-state index contributed by atoms with van der Waals surface area (Å²) < 4.78 is 0.